The average Bonchev–Trinajstić information content (AvgIpc) is 2.19. The third kappa shape index (κ3) is 3.40. The van der Waals surface area contributed by atoms with Crippen LogP contribution in [0.2, 0.25) is 0 Å². The van der Waals surface area contributed by atoms with Crippen LogP contribution in [0.4, 0.5) is 0 Å². The van der Waals surface area contributed by atoms with Gasteiger partial charge < -0.3 is 14.8 Å². The molecule has 76 valence electrons. The summed E-state index contributed by atoms with van der Waals surface area (Å²) in [5.74, 6) is 0.767. The predicted molar refractivity (Wildman–Crippen MR) is 56.7 cm³/mol. The van der Waals surface area contributed by atoms with Crippen LogP contribution in [0.5, 0.6) is 5.75 Å². The van der Waals surface area contributed by atoms with Gasteiger partial charge in [-0.1, -0.05) is 25.5 Å². The van der Waals surface area contributed by atoms with E-state index in [1.807, 2.05) is 0 Å². The average molecular weight is 194 g/mol. The summed E-state index contributed by atoms with van der Waals surface area (Å²) < 4.78 is 5.42. The lowest BCUT2D eigenvalue weighted by Crippen LogP contribution is -2.29. The normalized spacial score (nSPS) is 9.93. The molecule has 0 unspecified atom stereocenters. The molecule has 0 fully saturated rings. The highest BCUT2D eigenvalue weighted by Crippen LogP contribution is 2.08. The van der Waals surface area contributed by atoms with E-state index in [1.165, 1.54) is 0 Å². The molecule has 0 aromatic heterocycles. The summed E-state index contributed by atoms with van der Waals surface area (Å²) >= 11 is 0. The molecule has 0 radical (unpaired) electrons. The van der Waals surface area contributed by atoms with Crippen molar-refractivity contribution < 1.29 is 14.8 Å². The summed E-state index contributed by atoms with van der Waals surface area (Å²) in [6.07, 6.45) is 2.14. The maximum absolute atomic E-state index is 8.84. The van der Waals surface area contributed by atoms with Crippen molar-refractivity contribution in [2.75, 3.05) is 6.61 Å². The molecule has 0 heterocycles. The molecule has 0 amide bonds. The molecule has 0 saturated heterocycles. The van der Waals surface area contributed by atoms with Gasteiger partial charge in [-0.05, 0) is 24.0 Å². The lowest BCUT2D eigenvalue weighted by Gasteiger charge is -2.05. The van der Waals surface area contributed by atoms with Gasteiger partial charge in [0, 0.05) is 0 Å². The SMILES string of the molecule is CCCCOc1ccc(B(O)O)cc1. The Hall–Kier alpha value is -0.995. The summed E-state index contributed by atoms with van der Waals surface area (Å²) in [5.41, 5.74) is 0.479. The monoisotopic (exact) mass is 194 g/mol. The minimum Gasteiger partial charge on any atom is -0.494 e. The highest BCUT2D eigenvalue weighted by molar-refractivity contribution is 6.58. The molecule has 0 bridgehead atoms. The maximum Gasteiger partial charge on any atom is 0.488 e. The Kier molecular flexibility index (Phi) is 4.49. The number of rotatable bonds is 5. The molecule has 0 saturated carbocycles. The van der Waals surface area contributed by atoms with E-state index in [1.54, 1.807) is 24.3 Å². The fraction of sp³-hybridized carbons (Fsp3) is 0.400. The van der Waals surface area contributed by atoms with Crippen LogP contribution in [0.1, 0.15) is 19.8 Å². The molecular formula is C10H15BO3. The van der Waals surface area contributed by atoms with Crippen molar-refractivity contribution in [1.82, 2.24) is 0 Å². The van der Waals surface area contributed by atoms with E-state index in [2.05, 4.69) is 6.92 Å². The fourth-order valence-corrected chi connectivity index (χ4v) is 1.07. The van der Waals surface area contributed by atoms with Gasteiger partial charge >= 0.3 is 7.12 Å². The molecule has 0 aliphatic carbocycles. The van der Waals surface area contributed by atoms with Crippen LogP contribution < -0.4 is 10.2 Å². The van der Waals surface area contributed by atoms with Crippen molar-refractivity contribution in [3.05, 3.63) is 24.3 Å². The highest BCUT2D eigenvalue weighted by atomic mass is 16.5. The number of benzene rings is 1. The van der Waals surface area contributed by atoms with Gasteiger partial charge in [0.25, 0.3) is 0 Å². The van der Waals surface area contributed by atoms with Gasteiger partial charge in [-0.3, -0.25) is 0 Å². The van der Waals surface area contributed by atoms with Crippen molar-refractivity contribution >= 4 is 12.6 Å². The van der Waals surface area contributed by atoms with Crippen LogP contribution in [0.15, 0.2) is 24.3 Å². The van der Waals surface area contributed by atoms with Crippen LogP contribution in [-0.2, 0) is 0 Å². The van der Waals surface area contributed by atoms with Crippen molar-refractivity contribution in [3.8, 4) is 5.75 Å². The third-order valence-electron chi connectivity index (χ3n) is 1.94. The molecule has 0 atom stereocenters. The Labute approximate surface area is 84.5 Å². The van der Waals surface area contributed by atoms with Gasteiger partial charge in [-0.15, -0.1) is 0 Å². The van der Waals surface area contributed by atoms with E-state index >= 15 is 0 Å². The Morgan fingerprint density at radius 1 is 1.21 bits per heavy atom. The minimum atomic E-state index is -1.40. The molecule has 3 nitrogen and oxygen atoms in total. The van der Waals surface area contributed by atoms with E-state index in [9.17, 15) is 0 Å². The lowest BCUT2D eigenvalue weighted by molar-refractivity contribution is 0.309. The quantitative estimate of drug-likeness (QED) is 0.531. The van der Waals surface area contributed by atoms with Crippen molar-refractivity contribution in [3.63, 3.8) is 0 Å². The second-order valence-electron chi connectivity index (χ2n) is 3.14. The molecule has 0 spiro atoms. The molecule has 14 heavy (non-hydrogen) atoms. The van der Waals surface area contributed by atoms with Gasteiger partial charge in [0.15, 0.2) is 0 Å². The molecule has 1 aromatic rings. The second kappa shape index (κ2) is 5.68. The van der Waals surface area contributed by atoms with Crippen LogP contribution in [0.25, 0.3) is 0 Å². The summed E-state index contributed by atoms with van der Waals surface area (Å²) in [5, 5.41) is 17.7. The summed E-state index contributed by atoms with van der Waals surface area (Å²) in [4.78, 5) is 0. The zero-order valence-electron chi connectivity index (χ0n) is 8.31. The Morgan fingerprint density at radius 3 is 2.36 bits per heavy atom. The van der Waals surface area contributed by atoms with Crippen LogP contribution in [0, 0.1) is 0 Å². The van der Waals surface area contributed by atoms with E-state index in [0.717, 1.165) is 18.6 Å². The topological polar surface area (TPSA) is 49.7 Å². The second-order valence-corrected chi connectivity index (χ2v) is 3.14. The van der Waals surface area contributed by atoms with Crippen molar-refractivity contribution in [1.29, 1.82) is 0 Å². The van der Waals surface area contributed by atoms with Crippen LogP contribution in [0.3, 0.4) is 0 Å². The largest absolute Gasteiger partial charge is 0.494 e. The van der Waals surface area contributed by atoms with Gasteiger partial charge in [0.1, 0.15) is 5.75 Å². The summed E-state index contributed by atoms with van der Waals surface area (Å²) in [6.45, 7) is 2.81. The molecule has 1 aromatic carbocycles. The van der Waals surface area contributed by atoms with E-state index < -0.39 is 7.12 Å². The summed E-state index contributed by atoms with van der Waals surface area (Å²) in [6, 6.07) is 6.77. The van der Waals surface area contributed by atoms with Crippen LogP contribution in [-0.4, -0.2) is 23.8 Å². The summed E-state index contributed by atoms with van der Waals surface area (Å²) in [7, 11) is -1.40. The van der Waals surface area contributed by atoms with E-state index in [4.69, 9.17) is 14.8 Å². The minimum absolute atomic E-state index is 0.479. The zero-order valence-corrected chi connectivity index (χ0v) is 8.31. The van der Waals surface area contributed by atoms with Crippen LogP contribution >= 0.6 is 0 Å². The van der Waals surface area contributed by atoms with Crippen molar-refractivity contribution in [2.24, 2.45) is 0 Å². The van der Waals surface area contributed by atoms with Gasteiger partial charge in [-0.2, -0.15) is 0 Å². The van der Waals surface area contributed by atoms with Gasteiger partial charge in [0.05, 0.1) is 6.61 Å². The molecule has 4 heteroatoms. The first-order valence-corrected chi connectivity index (χ1v) is 4.83. The number of unbranched alkanes of at least 4 members (excludes halogenated alkanes) is 1. The number of hydrogen-bond acceptors (Lipinski definition) is 3. The Morgan fingerprint density at radius 2 is 1.86 bits per heavy atom. The highest BCUT2D eigenvalue weighted by Gasteiger charge is 2.09. The zero-order chi connectivity index (χ0) is 10.4. The van der Waals surface area contributed by atoms with Crippen molar-refractivity contribution in [2.45, 2.75) is 19.8 Å². The molecule has 0 aliphatic rings. The Bertz CT molecular complexity index is 259. The molecular weight excluding hydrogens is 179 g/mol. The first-order valence-electron chi connectivity index (χ1n) is 4.83. The Balaban J connectivity index is 2.47. The standard InChI is InChI=1S/C10H15BO3/c1-2-3-8-14-10-6-4-9(5-7-10)11(12)13/h4-7,12-13H,2-3,8H2,1H3. The maximum atomic E-state index is 8.84. The first kappa shape index (κ1) is 11.1. The number of ether oxygens (including phenoxy) is 1. The van der Waals surface area contributed by atoms with E-state index in [0.29, 0.717) is 12.1 Å². The third-order valence-corrected chi connectivity index (χ3v) is 1.94. The lowest BCUT2D eigenvalue weighted by atomic mass is 9.80. The fourth-order valence-electron chi connectivity index (χ4n) is 1.07. The van der Waals surface area contributed by atoms with E-state index in [-0.39, 0.29) is 0 Å². The first-order chi connectivity index (χ1) is 6.74. The molecule has 1 rings (SSSR count). The number of hydrogen-bond donors (Lipinski definition) is 2. The van der Waals surface area contributed by atoms with Gasteiger partial charge in [0.2, 0.25) is 0 Å². The van der Waals surface area contributed by atoms with Gasteiger partial charge in [-0.25, -0.2) is 0 Å². The predicted octanol–water partition coefficient (Wildman–Crippen LogP) is 0.545. The molecule has 0 aliphatic heterocycles. The molecule has 2 N–H and O–H groups in total. The smallest absolute Gasteiger partial charge is 0.488 e.